The topological polar surface area (TPSA) is 71.1 Å². The lowest BCUT2D eigenvalue weighted by molar-refractivity contribution is -0.113. The molecule has 3 aromatic carbocycles. The number of anilines is 2. The number of nitrogens with one attached hydrogen (secondary N) is 2. The molecular formula is C25H21Cl2N3O2S2. The van der Waals surface area contributed by atoms with Crippen LogP contribution in [0.5, 0.6) is 0 Å². The summed E-state index contributed by atoms with van der Waals surface area (Å²) in [6, 6.07) is 14.3. The van der Waals surface area contributed by atoms with Crippen molar-refractivity contribution in [2.75, 3.05) is 16.4 Å². The lowest BCUT2D eigenvalue weighted by atomic mass is 10.1. The summed E-state index contributed by atoms with van der Waals surface area (Å²) in [5.74, 6) is -0.142. The van der Waals surface area contributed by atoms with Gasteiger partial charge >= 0.3 is 0 Å². The molecule has 0 unspecified atom stereocenters. The van der Waals surface area contributed by atoms with Gasteiger partial charge in [0, 0.05) is 16.4 Å². The molecule has 0 spiro atoms. The molecule has 1 heterocycles. The maximum atomic E-state index is 12.6. The molecule has 1 aromatic heterocycles. The second kappa shape index (κ2) is 10.4. The molecule has 2 N–H and O–H groups in total. The number of halogens is 2. The Morgan fingerprint density at radius 3 is 2.41 bits per heavy atom. The van der Waals surface area contributed by atoms with Crippen LogP contribution >= 0.6 is 46.3 Å². The fraction of sp³-hybridized carbons (Fsp3) is 0.160. The second-order valence-corrected chi connectivity index (χ2v) is 10.9. The standard InChI is InChI=1S/C25H21Cl2N3O2S2/c1-13-8-14(2)23(15(3)9-13)30-22(31)12-33-25-29-20-7-5-17(11-21(20)34-25)28-24(32)18-6-4-16(26)10-19(18)27/h4-11H,12H2,1-3H3,(H,28,32)(H,30,31). The molecule has 0 saturated carbocycles. The van der Waals surface area contributed by atoms with Crippen LogP contribution in [0.1, 0.15) is 27.0 Å². The monoisotopic (exact) mass is 529 g/mol. The summed E-state index contributed by atoms with van der Waals surface area (Å²) in [6.45, 7) is 6.03. The van der Waals surface area contributed by atoms with Gasteiger partial charge < -0.3 is 10.6 Å². The number of aromatic nitrogens is 1. The van der Waals surface area contributed by atoms with Crippen molar-refractivity contribution in [1.82, 2.24) is 4.98 Å². The van der Waals surface area contributed by atoms with Crippen LogP contribution in [0, 0.1) is 20.8 Å². The molecule has 0 radical (unpaired) electrons. The summed E-state index contributed by atoms with van der Waals surface area (Å²) < 4.78 is 1.69. The number of amides is 2. The first-order valence-electron chi connectivity index (χ1n) is 10.4. The van der Waals surface area contributed by atoms with Crippen LogP contribution in [0.25, 0.3) is 10.2 Å². The average molecular weight is 531 g/mol. The van der Waals surface area contributed by atoms with E-state index in [9.17, 15) is 9.59 Å². The van der Waals surface area contributed by atoms with Crippen molar-refractivity contribution in [3.8, 4) is 0 Å². The van der Waals surface area contributed by atoms with Gasteiger partial charge in [0.15, 0.2) is 4.34 Å². The van der Waals surface area contributed by atoms with E-state index in [0.29, 0.717) is 16.3 Å². The SMILES string of the molecule is Cc1cc(C)c(NC(=O)CSc2nc3ccc(NC(=O)c4ccc(Cl)cc4Cl)cc3s2)c(C)c1. The van der Waals surface area contributed by atoms with Gasteiger partial charge in [0.2, 0.25) is 5.91 Å². The fourth-order valence-corrected chi connectivity index (χ4v) is 6.00. The van der Waals surface area contributed by atoms with Gasteiger partial charge in [-0.2, -0.15) is 0 Å². The largest absolute Gasteiger partial charge is 0.325 e. The lowest BCUT2D eigenvalue weighted by Gasteiger charge is -2.12. The van der Waals surface area contributed by atoms with Crippen LogP contribution in [0.15, 0.2) is 52.9 Å². The van der Waals surface area contributed by atoms with E-state index < -0.39 is 0 Å². The zero-order chi connectivity index (χ0) is 24.4. The van der Waals surface area contributed by atoms with Crippen LogP contribution < -0.4 is 10.6 Å². The van der Waals surface area contributed by atoms with Crippen LogP contribution in [0.4, 0.5) is 11.4 Å². The molecule has 4 rings (SSSR count). The Bertz CT molecular complexity index is 1400. The molecule has 9 heteroatoms. The molecule has 0 atom stereocenters. The van der Waals surface area contributed by atoms with Crippen LogP contribution in [0.2, 0.25) is 10.0 Å². The number of carbonyl (C=O) groups excluding carboxylic acids is 2. The predicted molar refractivity (Wildman–Crippen MR) is 144 cm³/mol. The number of hydrogen-bond acceptors (Lipinski definition) is 5. The minimum absolute atomic E-state index is 0.0768. The van der Waals surface area contributed by atoms with Crippen molar-refractivity contribution < 1.29 is 9.59 Å². The molecule has 5 nitrogen and oxygen atoms in total. The Morgan fingerprint density at radius 2 is 1.71 bits per heavy atom. The Morgan fingerprint density at radius 1 is 0.971 bits per heavy atom. The number of rotatable bonds is 6. The van der Waals surface area contributed by atoms with Crippen molar-refractivity contribution in [2.24, 2.45) is 0 Å². The van der Waals surface area contributed by atoms with Gasteiger partial charge in [-0.3, -0.25) is 9.59 Å². The average Bonchev–Trinajstić information content (AvgIpc) is 3.17. The minimum atomic E-state index is -0.321. The maximum absolute atomic E-state index is 12.6. The van der Waals surface area contributed by atoms with E-state index in [0.717, 1.165) is 31.4 Å². The number of nitrogens with zero attached hydrogens (tertiary/aromatic N) is 1. The smallest absolute Gasteiger partial charge is 0.257 e. The molecule has 2 amide bonds. The zero-order valence-corrected chi connectivity index (χ0v) is 21.8. The van der Waals surface area contributed by atoms with E-state index in [4.69, 9.17) is 23.2 Å². The quantitative estimate of drug-likeness (QED) is 0.253. The first-order chi connectivity index (χ1) is 16.2. The first-order valence-corrected chi connectivity index (χ1v) is 12.9. The normalized spacial score (nSPS) is 11.0. The number of fused-ring (bicyclic) bond motifs is 1. The van der Waals surface area contributed by atoms with E-state index >= 15 is 0 Å². The molecule has 0 aliphatic heterocycles. The summed E-state index contributed by atoms with van der Waals surface area (Å²) in [5, 5.41) is 6.62. The molecular weight excluding hydrogens is 509 g/mol. The Balaban J connectivity index is 1.41. The van der Waals surface area contributed by atoms with E-state index in [2.05, 4.69) is 27.8 Å². The summed E-state index contributed by atoms with van der Waals surface area (Å²) in [7, 11) is 0. The fourth-order valence-electron chi connectivity index (χ4n) is 3.59. The highest BCUT2D eigenvalue weighted by Gasteiger charge is 2.14. The first kappa shape index (κ1) is 24.5. The molecule has 174 valence electrons. The molecule has 0 bridgehead atoms. The van der Waals surface area contributed by atoms with Crippen molar-refractivity contribution in [1.29, 1.82) is 0 Å². The molecule has 4 aromatic rings. The highest BCUT2D eigenvalue weighted by molar-refractivity contribution is 8.01. The van der Waals surface area contributed by atoms with Gasteiger partial charge in [-0.25, -0.2) is 4.98 Å². The minimum Gasteiger partial charge on any atom is -0.325 e. The number of benzene rings is 3. The summed E-state index contributed by atoms with van der Waals surface area (Å²) in [4.78, 5) is 29.7. The molecule has 0 aliphatic carbocycles. The van der Waals surface area contributed by atoms with Gasteiger partial charge in [-0.05, 0) is 68.3 Å². The maximum Gasteiger partial charge on any atom is 0.257 e. The number of thioether (sulfide) groups is 1. The van der Waals surface area contributed by atoms with E-state index in [1.165, 1.54) is 34.7 Å². The summed E-state index contributed by atoms with van der Waals surface area (Å²) in [5.41, 5.74) is 5.91. The molecule has 0 saturated heterocycles. The van der Waals surface area contributed by atoms with Crippen molar-refractivity contribution in [2.45, 2.75) is 25.1 Å². The molecule has 34 heavy (non-hydrogen) atoms. The van der Waals surface area contributed by atoms with Crippen LogP contribution in [-0.4, -0.2) is 22.6 Å². The second-order valence-electron chi connectivity index (χ2n) is 7.85. The number of carbonyl (C=O) groups is 2. The van der Waals surface area contributed by atoms with Gasteiger partial charge in [0.05, 0.1) is 26.6 Å². The summed E-state index contributed by atoms with van der Waals surface area (Å²) >= 11 is 14.9. The zero-order valence-electron chi connectivity index (χ0n) is 18.7. The highest BCUT2D eigenvalue weighted by atomic mass is 35.5. The summed E-state index contributed by atoms with van der Waals surface area (Å²) in [6.07, 6.45) is 0. The van der Waals surface area contributed by atoms with Crippen molar-refractivity contribution in [3.63, 3.8) is 0 Å². The van der Waals surface area contributed by atoms with E-state index in [1.54, 1.807) is 18.2 Å². The van der Waals surface area contributed by atoms with Crippen LogP contribution in [0.3, 0.4) is 0 Å². The lowest BCUT2D eigenvalue weighted by Crippen LogP contribution is -2.15. The third-order valence-electron chi connectivity index (χ3n) is 5.07. The molecule has 0 fully saturated rings. The van der Waals surface area contributed by atoms with Gasteiger partial charge in [0.25, 0.3) is 5.91 Å². The van der Waals surface area contributed by atoms with E-state index in [-0.39, 0.29) is 22.6 Å². The Kier molecular flexibility index (Phi) is 7.48. The van der Waals surface area contributed by atoms with Gasteiger partial charge in [-0.1, -0.05) is 52.7 Å². The third-order valence-corrected chi connectivity index (χ3v) is 7.78. The third kappa shape index (κ3) is 5.73. The Hall–Kier alpha value is -2.58. The van der Waals surface area contributed by atoms with Crippen molar-refractivity contribution >= 4 is 79.7 Å². The predicted octanol–water partition coefficient (Wildman–Crippen LogP) is 7.51. The van der Waals surface area contributed by atoms with Crippen LogP contribution in [-0.2, 0) is 4.79 Å². The number of thiazole rings is 1. The number of hydrogen-bond donors (Lipinski definition) is 2. The van der Waals surface area contributed by atoms with Crippen molar-refractivity contribution in [3.05, 3.63) is 80.8 Å². The number of aryl methyl sites for hydroxylation is 3. The van der Waals surface area contributed by atoms with Gasteiger partial charge in [-0.15, -0.1) is 11.3 Å². The van der Waals surface area contributed by atoms with E-state index in [1.807, 2.05) is 32.9 Å². The highest BCUT2D eigenvalue weighted by Crippen LogP contribution is 2.32. The van der Waals surface area contributed by atoms with Gasteiger partial charge in [0.1, 0.15) is 0 Å². The molecule has 0 aliphatic rings. The Labute approximate surface area is 215 Å².